The third kappa shape index (κ3) is 4.52. The third-order valence-electron chi connectivity index (χ3n) is 3.66. The number of rotatable bonds is 5. The standard InChI is InChI=1S/C20H17ClN2O3/c1-13-3-2-4-14(9-13)12-26-16-5-6-18(24)17(11-16)20(25)23-19-10-15(21)7-8-22-19/h2-11,24H,12H2,1H3,(H,22,23,25). The number of halogens is 1. The number of benzene rings is 2. The average molecular weight is 369 g/mol. The maximum absolute atomic E-state index is 12.4. The van der Waals surface area contributed by atoms with Crippen LogP contribution in [0.15, 0.2) is 60.8 Å². The summed E-state index contributed by atoms with van der Waals surface area (Å²) in [6, 6.07) is 15.6. The van der Waals surface area contributed by atoms with E-state index < -0.39 is 5.91 Å². The Morgan fingerprint density at radius 1 is 1.19 bits per heavy atom. The van der Waals surface area contributed by atoms with Crippen LogP contribution in [0.3, 0.4) is 0 Å². The van der Waals surface area contributed by atoms with Crippen molar-refractivity contribution in [2.45, 2.75) is 13.5 Å². The minimum Gasteiger partial charge on any atom is -0.507 e. The Balaban J connectivity index is 1.73. The maximum atomic E-state index is 12.4. The molecule has 0 aliphatic carbocycles. The number of phenolic OH excluding ortho intramolecular Hbond substituents is 1. The second-order valence-corrected chi connectivity index (χ2v) is 6.21. The van der Waals surface area contributed by atoms with E-state index in [4.69, 9.17) is 16.3 Å². The lowest BCUT2D eigenvalue weighted by atomic mass is 10.1. The van der Waals surface area contributed by atoms with Gasteiger partial charge in [-0.25, -0.2) is 4.98 Å². The fraction of sp³-hybridized carbons (Fsp3) is 0.100. The highest BCUT2D eigenvalue weighted by Gasteiger charge is 2.14. The lowest BCUT2D eigenvalue weighted by Crippen LogP contribution is -2.13. The molecule has 0 spiro atoms. The first-order valence-electron chi connectivity index (χ1n) is 7.95. The number of nitrogens with zero attached hydrogens (tertiary/aromatic N) is 1. The normalized spacial score (nSPS) is 10.4. The predicted molar refractivity (Wildman–Crippen MR) is 101 cm³/mol. The zero-order valence-corrected chi connectivity index (χ0v) is 14.8. The van der Waals surface area contributed by atoms with Crippen molar-refractivity contribution >= 4 is 23.3 Å². The molecule has 0 radical (unpaired) electrons. The summed E-state index contributed by atoms with van der Waals surface area (Å²) < 4.78 is 5.73. The highest BCUT2D eigenvalue weighted by molar-refractivity contribution is 6.30. The van der Waals surface area contributed by atoms with Crippen molar-refractivity contribution in [3.63, 3.8) is 0 Å². The number of aromatic hydroxyl groups is 1. The number of nitrogens with one attached hydrogen (secondary N) is 1. The molecule has 0 unspecified atom stereocenters. The number of anilines is 1. The summed E-state index contributed by atoms with van der Waals surface area (Å²) in [5.74, 6) is 0.132. The van der Waals surface area contributed by atoms with Gasteiger partial charge in [-0.1, -0.05) is 41.4 Å². The van der Waals surface area contributed by atoms with E-state index in [9.17, 15) is 9.90 Å². The van der Waals surface area contributed by atoms with E-state index >= 15 is 0 Å². The fourth-order valence-electron chi connectivity index (χ4n) is 2.41. The molecule has 3 aromatic rings. The molecule has 0 saturated heterocycles. The molecule has 2 N–H and O–H groups in total. The summed E-state index contributed by atoms with van der Waals surface area (Å²) in [4.78, 5) is 16.4. The van der Waals surface area contributed by atoms with Gasteiger partial charge in [0.1, 0.15) is 23.9 Å². The van der Waals surface area contributed by atoms with Crippen LogP contribution in [0.2, 0.25) is 5.02 Å². The number of carbonyl (C=O) groups excluding carboxylic acids is 1. The van der Waals surface area contributed by atoms with Gasteiger partial charge in [0, 0.05) is 11.2 Å². The van der Waals surface area contributed by atoms with Gasteiger partial charge >= 0.3 is 0 Å². The lowest BCUT2D eigenvalue weighted by molar-refractivity contribution is 0.102. The van der Waals surface area contributed by atoms with Crippen LogP contribution >= 0.6 is 11.6 Å². The Bertz CT molecular complexity index is 944. The monoisotopic (exact) mass is 368 g/mol. The summed E-state index contributed by atoms with van der Waals surface area (Å²) in [5, 5.41) is 13.0. The molecule has 132 valence electrons. The summed E-state index contributed by atoms with van der Waals surface area (Å²) >= 11 is 5.88. The van der Waals surface area contributed by atoms with Gasteiger partial charge in [0.2, 0.25) is 0 Å². The Morgan fingerprint density at radius 3 is 2.81 bits per heavy atom. The van der Waals surface area contributed by atoms with Gasteiger partial charge in [0.15, 0.2) is 0 Å². The van der Waals surface area contributed by atoms with Gasteiger partial charge in [-0.2, -0.15) is 0 Å². The predicted octanol–water partition coefficient (Wildman–Crippen LogP) is 4.58. The molecule has 0 fully saturated rings. The highest BCUT2D eigenvalue weighted by Crippen LogP contribution is 2.25. The van der Waals surface area contributed by atoms with E-state index in [0.717, 1.165) is 11.1 Å². The summed E-state index contributed by atoms with van der Waals surface area (Å²) in [7, 11) is 0. The van der Waals surface area contributed by atoms with Crippen molar-refractivity contribution < 1.29 is 14.6 Å². The van der Waals surface area contributed by atoms with Crippen LogP contribution in [0.25, 0.3) is 0 Å². The third-order valence-corrected chi connectivity index (χ3v) is 3.90. The second kappa shape index (κ2) is 7.89. The molecular formula is C20H17ClN2O3. The quantitative estimate of drug-likeness (QED) is 0.691. The van der Waals surface area contributed by atoms with Crippen LogP contribution in [-0.2, 0) is 6.61 Å². The van der Waals surface area contributed by atoms with Gasteiger partial charge < -0.3 is 15.2 Å². The average Bonchev–Trinajstić information content (AvgIpc) is 2.61. The zero-order valence-electron chi connectivity index (χ0n) is 14.1. The van der Waals surface area contributed by atoms with Crippen LogP contribution in [0, 0.1) is 6.92 Å². The highest BCUT2D eigenvalue weighted by atomic mass is 35.5. The number of carbonyl (C=O) groups is 1. The lowest BCUT2D eigenvalue weighted by Gasteiger charge is -2.10. The Labute approximate surface area is 156 Å². The number of hydrogen-bond donors (Lipinski definition) is 2. The van der Waals surface area contributed by atoms with E-state index in [1.165, 1.54) is 24.4 Å². The number of ether oxygens (including phenoxy) is 1. The molecule has 1 amide bonds. The van der Waals surface area contributed by atoms with Crippen LogP contribution in [0.4, 0.5) is 5.82 Å². The smallest absolute Gasteiger partial charge is 0.260 e. The molecule has 26 heavy (non-hydrogen) atoms. The molecule has 1 aromatic heterocycles. The Kier molecular flexibility index (Phi) is 5.39. The number of aromatic nitrogens is 1. The van der Waals surface area contributed by atoms with Gasteiger partial charge in [0.05, 0.1) is 5.56 Å². The largest absolute Gasteiger partial charge is 0.507 e. The summed E-state index contributed by atoms with van der Waals surface area (Å²) in [6.45, 7) is 2.37. The van der Waals surface area contributed by atoms with E-state index in [0.29, 0.717) is 23.2 Å². The first-order chi connectivity index (χ1) is 12.5. The van der Waals surface area contributed by atoms with Gasteiger partial charge in [-0.3, -0.25) is 4.79 Å². The molecule has 1 heterocycles. The summed E-state index contributed by atoms with van der Waals surface area (Å²) in [6.07, 6.45) is 1.49. The van der Waals surface area contributed by atoms with E-state index in [1.807, 2.05) is 31.2 Å². The molecule has 0 atom stereocenters. The molecule has 0 bridgehead atoms. The molecule has 2 aromatic carbocycles. The van der Waals surface area contributed by atoms with E-state index in [2.05, 4.69) is 10.3 Å². The van der Waals surface area contributed by atoms with Crippen LogP contribution in [-0.4, -0.2) is 16.0 Å². The molecule has 5 nitrogen and oxygen atoms in total. The number of aryl methyl sites for hydroxylation is 1. The van der Waals surface area contributed by atoms with Crippen molar-refractivity contribution in [2.75, 3.05) is 5.32 Å². The molecule has 6 heteroatoms. The van der Waals surface area contributed by atoms with Crippen LogP contribution in [0.5, 0.6) is 11.5 Å². The maximum Gasteiger partial charge on any atom is 0.260 e. The SMILES string of the molecule is Cc1cccc(COc2ccc(O)c(C(=O)Nc3cc(Cl)ccn3)c2)c1. The first-order valence-corrected chi connectivity index (χ1v) is 8.33. The minimum atomic E-state index is -0.502. The van der Waals surface area contributed by atoms with Crippen molar-refractivity contribution in [3.05, 3.63) is 82.5 Å². The van der Waals surface area contributed by atoms with Gasteiger partial charge in [0.25, 0.3) is 5.91 Å². The molecule has 0 aliphatic rings. The molecule has 3 rings (SSSR count). The fourth-order valence-corrected chi connectivity index (χ4v) is 2.57. The van der Waals surface area contributed by atoms with Gasteiger partial charge in [-0.15, -0.1) is 0 Å². The number of amides is 1. The van der Waals surface area contributed by atoms with E-state index in [1.54, 1.807) is 12.1 Å². The summed E-state index contributed by atoms with van der Waals surface area (Å²) in [5.41, 5.74) is 2.26. The van der Waals surface area contributed by atoms with Crippen molar-refractivity contribution in [1.82, 2.24) is 4.98 Å². The Morgan fingerprint density at radius 2 is 2.04 bits per heavy atom. The first kappa shape index (κ1) is 17.8. The van der Waals surface area contributed by atoms with Crippen LogP contribution < -0.4 is 10.1 Å². The minimum absolute atomic E-state index is 0.0912. The Hall–Kier alpha value is -3.05. The van der Waals surface area contributed by atoms with Crippen molar-refractivity contribution in [3.8, 4) is 11.5 Å². The van der Waals surface area contributed by atoms with Crippen molar-refractivity contribution in [2.24, 2.45) is 0 Å². The number of hydrogen-bond acceptors (Lipinski definition) is 4. The topological polar surface area (TPSA) is 71.5 Å². The second-order valence-electron chi connectivity index (χ2n) is 5.77. The van der Waals surface area contributed by atoms with Gasteiger partial charge in [-0.05, 0) is 42.8 Å². The zero-order chi connectivity index (χ0) is 18.5. The number of pyridine rings is 1. The molecular weight excluding hydrogens is 352 g/mol. The molecule has 0 saturated carbocycles. The van der Waals surface area contributed by atoms with Crippen LogP contribution in [0.1, 0.15) is 21.5 Å². The van der Waals surface area contributed by atoms with E-state index in [-0.39, 0.29) is 11.3 Å². The van der Waals surface area contributed by atoms with Crippen molar-refractivity contribution in [1.29, 1.82) is 0 Å². The molecule has 0 aliphatic heterocycles. The number of phenols is 1.